The molecule has 0 aliphatic heterocycles. The van der Waals surface area contributed by atoms with Gasteiger partial charge in [-0.15, -0.1) is 5.92 Å². The van der Waals surface area contributed by atoms with Crippen LogP contribution in [0.3, 0.4) is 0 Å². The van der Waals surface area contributed by atoms with Crippen molar-refractivity contribution in [1.29, 1.82) is 0 Å². The van der Waals surface area contributed by atoms with E-state index < -0.39 is 0 Å². The first-order chi connectivity index (χ1) is 6.29. The monoisotopic (exact) mass is 177 g/mol. The number of rotatable bonds is 1. The molecule has 0 atom stereocenters. The van der Waals surface area contributed by atoms with E-state index in [2.05, 4.69) is 11.8 Å². The van der Waals surface area contributed by atoms with Crippen molar-refractivity contribution in [3.63, 3.8) is 0 Å². The lowest BCUT2D eigenvalue weighted by molar-refractivity contribution is 0.370. The van der Waals surface area contributed by atoms with Crippen LogP contribution in [0.25, 0.3) is 0 Å². The van der Waals surface area contributed by atoms with Crippen molar-refractivity contribution in [2.75, 3.05) is 0 Å². The van der Waals surface area contributed by atoms with Gasteiger partial charge in [0.2, 0.25) is 0 Å². The van der Waals surface area contributed by atoms with Gasteiger partial charge >= 0.3 is 0 Å². The van der Waals surface area contributed by atoms with Crippen LogP contribution in [0.4, 0.5) is 0 Å². The van der Waals surface area contributed by atoms with Crippen LogP contribution in [-0.4, -0.2) is 5.54 Å². The summed E-state index contributed by atoms with van der Waals surface area (Å²) in [4.78, 5) is 0. The van der Waals surface area contributed by atoms with E-state index in [9.17, 15) is 0 Å². The first kappa shape index (κ1) is 9.09. The Kier molecular flexibility index (Phi) is 2.60. The maximum atomic E-state index is 6.19. The molecule has 2 aliphatic carbocycles. The normalized spacial score (nSPS) is 26.2. The van der Waals surface area contributed by atoms with Gasteiger partial charge in [-0.1, -0.05) is 25.2 Å². The molecule has 2 saturated carbocycles. The van der Waals surface area contributed by atoms with Gasteiger partial charge in [-0.25, -0.2) is 0 Å². The van der Waals surface area contributed by atoms with Crippen LogP contribution in [0, 0.1) is 17.8 Å². The fourth-order valence-electron chi connectivity index (χ4n) is 2.00. The molecule has 72 valence electrons. The van der Waals surface area contributed by atoms with Crippen LogP contribution in [0.5, 0.6) is 0 Å². The molecule has 2 aliphatic rings. The fraction of sp³-hybridized carbons (Fsp3) is 0.833. The maximum Gasteiger partial charge on any atom is 0.0776 e. The van der Waals surface area contributed by atoms with Gasteiger partial charge in [0.25, 0.3) is 0 Å². The second-order valence-electron chi connectivity index (χ2n) is 4.67. The van der Waals surface area contributed by atoms with Crippen LogP contribution in [0.15, 0.2) is 0 Å². The van der Waals surface area contributed by atoms with Crippen molar-refractivity contribution in [3.05, 3.63) is 0 Å². The second-order valence-corrected chi connectivity index (χ2v) is 4.67. The van der Waals surface area contributed by atoms with Crippen molar-refractivity contribution in [3.8, 4) is 11.8 Å². The predicted molar refractivity (Wildman–Crippen MR) is 55.1 cm³/mol. The Balaban J connectivity index is 1.83. The van der Waals surface area contributed by atoms with E-state index in [-0.39, 0.29) is 5.54 Å². The van der Waals surface area contributed by atoms with Gasteiger partial charge < -0.3 is 5.73 Å². The molecule has 0 aromatic rings. The topological polar surface area (TPSA) is 26.0 Å². The first-order valence-electron chi connectivity index (χ1n) is 5.57. The molecule has 2 fully saturated rings. The maximum absolute atomic E-state index is 6.19. The minimum atomic E-state index is -0.118. The highest BCUT2D eigenvalue weighted by molar-refractivity contribution is 5.18. The van der Waals surface area contributed by atoms with Gasteiger partial charge in [0.05, 0.1) is 5.54 Å². The Morgan fingerprint density at radius 1 is 1.15 bits per heavy atom. The van der Waals surface area contributed by atoms with Crippen LogP contribution in [0.2, 0.25) is 0 Å². The van der Waals surface area contributed by atoms with Gasteiger partial charge in [0.1, 0.15) is 0 Å². The van der Waals surface area contributed by atoms with Crippen molar-refractivity contribution in [2.24, 2.45) is 11.7 Å². The molecule has 1 nitrogen and oxygen atoms in total. The molecule has 0 amide bonds. The molecule has 0 bridgehead atoms. The lowest BCUT2D eigenvalue weighted by Crippen LogP contribution is -2.39. The molecule has 2 rings (SSSR count). The quantitative estimate of drug-likeness (QED) is 0.612. The Bertz CT molecular complexity index is 223. The van der Waals surface area contributed by atoms with E-state index in [1.165, 1.54) is 32.1 Å². The number of nitrogens with two attached hydrogens (primary N) is 1. The average molecular weight is 177 g/mol. The van der Waals surface area contributed by atoms with E-state index in [4.69, 9.17) is 5.73 Å². The van der Waals surface area contributed by atoms with Crippen LogP contribution in [-0.2, 0) is 0 Å². The Hall–Kier alpha value is -0.480. The summed E-state index contributed by atoms with van der Waals surface area (Å²) in [6, 6.07) is 0. The molecule has 0 saturated heterocycles. The highest BCUT2D eigenvalue weighted by atomic mass is 14.7. The van der Waals surface area contributed by atoms with Crippen molar-refractivity contribution >= 4 is 0 Å². The smallest absolute Gasteiger partial charge is 0.0776 e. The Labute approximate surface area is 81.1 Å². The summed E-state index contributed by atoms with van der Waals surface area (Å²) in [5, 5.41) is 0. The van der Waals surface area contributed by atoms with Gasteiger partial charge in [-0.2, -0.15) is 0 Å². The SMILES string of the molecule is NC1(C#CCC2CC2)CCCCC1. The Morgan fingerprint density at radius 3 is 2.46 bits per heavy atom. The molecule has 1 heteroatoms. The second kappa shape index (κ2) is 3.72. The molecule has 2 N–H and O–H groups in total. The zero-order chi connectivity index (χ0) is 9.15. The van der Waals surface area contributed by atoms with E-state index in [0.29, 0.717) is 0 Å². The largest absolute Gasteiger partial charge is 0.315 e. The summed E-state index contributed by atoms with van der Waals surface area (Å²) < 4.78 is 0. The standard InChI is InChI=1S/C12H19N/c13-12(8-2-1-3-9-12)10-4-5-11-6-7-11/h11H,1-3,5-9,13H2. The van der Waals surface area contributed by atoms with Gasteiger partial charge in [0, 0.05) is 6.42 Å². The predicted octanol–water partition coefficient (Wildman–Crippen LogP) is 2.45. The molecule has 0 heterocycles. The third kappa shape index (κ3) is 2.74. The number of hydrogen-bond acceptors (Lipinski definition) is 1. The number of hydrogen-bond donors (Lipinski definition) is 1. The molecule has 13 heavy (non-hydrogen) atoms. The third-order valence-electron chi connectivity index (χ3n) is 3.17. The summed E-state index contributed by atoms with van der Waals surface area (Å²) in [7, 11) is 0. The van der Waals surface area contributed by atoms with Crippen LogP contribution < -0.4 is 5.73 Å². The van der Waals surface area contributed by atoms with E-state index >= 15 is 0 Å². The van der Waals surface area contributed by atoms with Crippen molar-refractivity contribution in [2.45, 2.75) is 56.9 Å². The highest BCUT2D eigenvalue weighted by Gasteiger charge is 2.25. The van der Waals surface area contributed by atoms with Crippen molar-refractivity contribution in [1.82, 2.24) is 0 Å². The summed E-state index contributed by atoms with van der Waals surface area (Å²) in [6.45, 7) is 0. The van der Waals surface area contributed by atoms with Gasteiger partial charge in [-0.05, 0) is 31.6 Å². The molecule has 0 radical (unpaired) electrons. The van der Waals surface area contributed by atoms with E-state index in [0.717, 1.165) is 25.2 Å². The lowest BCUT2D eigenvalue weighted by Gasteiger charge is -2.27. The van der Waals surface area contributed by atoms with Crippen LogP contribution in [0.1, 0.15) is 51.4 Å². The zero-order valence-corrected chi connectivity index (χ0v) is 8.31. The molecule has 0 unspecified atom stereocenters. The third-order valence-corrected chi connectivity index (χ3v) is 3.17. The molecular weight excluding hydrogens is 158 g/mol. The summed E-state index contributed by atoms with van der Waals surface area (Å²) in [6.07, 6.45) is 10.0. The molecule has 0 aromatic heterocycles. The minimum Gasteiger partial charge on any atom is -0.315 e. The fourth-order valence-corrected chi connectivity index (χ4v) is 2.00. The van der Waals surface area contributed by atoms with Crippen LogP contribution >= 0.6 is 0 Å². The lowest BCUT2D eigenvalue weighted by atomic mass is 9.83. The highest BCUT2D eigenvalue weighted by Crippen LogP contribution is 2.32. The van der Waals surface area contributed by atoms with Crippen molar-refractivity contribution < 1.29 is 0 Å². The Morgan fingerprint density at radius 2 is 1.85 bits per heavy atom. The summed E-state index contributed by atoms with van der Waals surface area (Å²) in [5.41, 5.74) is 6.07. The van der Waals surface area contributed by atoms with E-state index in [1.807, 2.05) is 0 Å². The molecular formula is C12H19N. The molecule has 0 aromatic carbocycles. The average Bonchev–Trinajstić information content (AvgIpc) is 2.89. The zero-order valence-electron chi connectivity index (χ0n) is 8.31. The summed E-state index contributed by atoms with van der Waals surface area (Å²) >= 11 is 0. The van der Waals surface area contributed by atoms with E-state index in [1.54, 1.807) is 0 Å². The summed E-state index contributed by atoms with van der Waals surface area (Å²) in [5.74, 6) is 7.50. The molecule has 0 spiro atoms. The first-order valence-corrected chi connectivity index (χ1v) is 5.57. The van der Waals surface area contributed by atoms with Gasteiger partial charge in [-0.3, -0.25) is 0 Å². The minimum absolute atomic E-state index is 0.118. The van der Waals surface area contributed by atoms with Gasteiger partial charge in [0.15, 0.2) is 0 Å².